The van der Waals surface area contributed by atoms with Gasteiger partial charge in [-0.2, -0.15) is 0 Å². The molecule has 21 heavy (non-hydrogen) atoms. The summed E-state index contributed by atoms with van der Waals surface area (Å²) in [6, 6.07) is 5.48. The molecule has 0 amide bonds. The third-order valence-electron chi connectivity index (χ3n) is 3.60. The van der Waals surface area contributed by atoms with Crippen LogP contribution in [0, 0.1) is 16.0 Å². The van der Waals surface area contributed by atoms with Crippen molar-refractivity contribution in [2.45, 2.75) is 40.2 Å². The lowest BCUT2D eigenvalue weighted by molar-refractivity contribution is -0.384. The first-order valence-electron chi connectivity index (χ1n) is 7.67. The van der Waals surface area contributed by atoms with Gasteiger partial charge < -0.3 is 10.2 Å². The van der Waals surface area contributed by atoms with E-state index in [9.17, 15) is 10.1 Å². The Kier molecular flexibility index (Phi) is 7.15. The summed E-state index contributed by atoms with van der Waals surface area (Å²) in [6.07, 6.45) is 2.08. The Balaban J connectivity index is 2.80. The van der Waals surface area contributed by atoms with Crippen molar-refractivity contribution in [1.82, 2.24) is 4.90 Å². The van der Waals surface area contributed by atoms with Gasteiger partial charge in [-0.3, -0.25) is 10.1 Å². The van der Waals surface area contributed by atoms with E-state index in [1.807, 2.05) is 19.1 Å². The zero-order chi connectivity index (χ0) is 15.8. The van der Waals surface area contributed by atoms with Gasteiger partial charge in [0.2, 0.25) is 0 Å². The number of hydrogen-bond acceptors (Lipinski definition) is 4. The molecule has 0 aromatic heterocycles. The fraction of sp³-hybridized carbons (Fsp3) is 0.625. The van der Waals surface area contributed by atoms with E-state index in [0.29, 0.717) is 11.6 Å². The van der Waals surface area contributed by atoms with Crippen molar-refractivity contribution in [2.24, 2.45) is 5.92 Å². The quantitative estimate of drug-likeness (QED) is 0.554. The minimum atomic E-state index is -0.309. The minimum absolute atomic E-state index is 0.165. The predicted octanol–water partition coefficient (Wildman–Crippen LogP) is 3.89. The normalized spacial score (nSPS) is 12.4. The fourth-order valence-electron chi connectivity index (χ4n) is 2.27. The van der Waals surface area contributed by atoms with E-state index in [-0.39, 0.29) is 10.6 Å². The van der Waals surface area contributed by atoms with Gasteiger partial charge in [0, 0.05) is 25.7 Å². The van der Waals surface area contributed by atoms with Crippen LogP contribution in [0.1, 0.15) is 39.2 Å². The van der Waals surface area contributed by atoms with Crippen LogP contribution in [0.4, 0.5) is 11.4 Å². The second kappa shape index (κ2) is 8.62. The molecule has 0 fully saturated rings. The highest BCUT2D eigenvalue weighted by Gasteiger charge is 2.15. The molecule has 0 radical (unpaired) electrons. The molecule has 0 heterocycles. The Morgan fingerprint density at radius 2 is 2.10 bits per heavy atom. The first kappa shape index (κ1) is 17.4. The van der Waals surface area contributed by atoms with E-state index in [4.69, 9.17) is 0 Å². The van der Waals surface area contributed by atoms with Crippen LogP contribution >= 0.6 is 0 Å². The van der Waals surface area contributed by atoms with Gasteiger partial charge in [-0.05, 0) is 31.0 Å². The van der Waals surface area contributed by atoms with Crippen LogP contribution in [0.15, 0.2) is 18.2 Å². The Morgan fingerprint density at radius 3 is 2.67 bits per heavy atom. The second-order valence-electron chi connectivity index (χ2n) is 5.75. The first-order valence-corrected chi connectivity index (χ1v) is 7.67. The van der Waals surface area contributed by atoms with Crippen molar-refractivity contribution in [3.05, 3.63) is 33.9 Å². The summed E-state index contributed by atoms with van der Waals surface area (Å²) >= 11 is 0. The number of anilines is 1. The number of nitro benzene ring substituents is 1. The van der Waals surface area contributed by atoms with Crippen LogP contribution in [0.2, 0.25) is 0 Å². The van der Waals surface area contributed by atoms with Crippen LogP contribution in [-0.4, -0.2) is 30.0 Å². The smallest absolute Gasteiger partial charge is 0.292 e. The van der Waals surface area contributed by atoms with Crippen LogP contribution in [-0.2, 0) is 6.54 Å². The molecule has 1 rings (SSSR count). The van der Waals surface area contributed by atoms with E-state index in [1.165, 1.54) is 0 Å². The second-order valence-corrected chi connectivity index (χ2v) is 5.75. The lowest BCUT2D eigenvalue weighted by Gasteiger charge is -2.20. The number of nitrogens with one attached hydrogen (secondary N) is 1. The van der Waals surface area contributed by atoms with Crippen molar-refractivity contribution in [3.8, 4) is 0 Å². The summed E-state index contributed by atoms with van der Waals surface area (Å²) in [7, 11) is 2.06. The van der Waals surface area contributed by atoms with Crippen LogP contribution < -0.4 is 5.32 Å². The van der Waals surface area contributed by atoms with E-state index >= 15 is 0 Å². The lowest BCUT2D eigenvalue weighted by Crippen LogP contribution is -2.23. The highest BCUT2D eigenvalue weighted by Crippen LogP contribution is 2.26. The molecule has 0 aliphatic rings. The molecule has 5 heteroatoms. The predicted molar refractivity (Wildman–Crippen MR) is 87.7 cm³/mol. The fourth-order valence-corrected chi connectivity index (χ4v) is 2.27. The SMILES string of the molecule is CCCNc1ccc(CN(C)CC(C)CC)cc1[N+](=O)[O-]. The van der Waals surface area contributed by atoms with Gasteiger partial charge in [-0.1, -0.05) is 33.3 Å². The zero-order valence-corrected chi connectivity index (χ0v) is 13.6. The van der Waals surface area contributed by atoms with Gasteiger partial charge in [0.15, 0.2) is 0 Å². The largest absolute Gasteiger partial charge is 0.380 e. The monoisotopic (exact) mass is 293 g/mol. The lowest BCUT2D eigenvalue weighted by atomic mass is 10.1. The zero-order valence-electron chi connectivity index (χ0n) is 13.6. The van der Waals surface area contributed by atoms with Crippen molar-refractivity contribution >= 4 is 11.4 Å². The summed E-state index contributed by atoms with van der Waals surface area (Å²) in [4.78, 5) is 13.1. The maximum absolute atomic E-state index is 11.2. The molecule has 1 aromatic rings. The molecule has 1 N–H and O–H groups in total. The van der Waals surface area contributed by atoms with Crippen molar-refractivity contribution < 1.29 is 4.92 Å². The molecule has 0 spiro atoms. The van der Waals surface area contributed by atoms with Gasteiger partial charge in [-0.25, -0.2) is 0 Å². The van der Waals surface area contributed by atoms with Crippen LogP contribution in [0.3, 0.4) is 0 Å². The molecule has 0 saturated heterocycles. The Hall–Kier alpha value is -1.62. The van der Waals surface area contributed by atoms with Crippen molar-refractivity contribution in [3.63, 3.8) is 0 Å². The third-order valence-corrected chi connectivity index (χ3v) is 3.60. The molecular weight excluding hydrogens is 266 g/mol. The van der Waals surface area contributed by atoms with Gasteiger partial charge in [0.25, 0.3) is 5.69 Å². The molecular formula is C16H27N3O2. The molecule has 5 nitrogen and oxygen atoms in total. The first-order chi connectivity index (χ1) is 9.97. The standard InChI is InChI=1S/C16H27N3O2/c1-5-9-17-15-8-7-14(10-16(15)19(20)21)12-18(4)11-13(3)6-2/h7-8,10,13,17H,5-6,9,11-12H2,1-4H3. The number of nitro groups is 1. The maximum atomic E-state index is 11.2. The van der Waals surface area contributed by atoms with E-state index in [2.05, 4.69) is 31.1 Å². The molecule has 1 unspecified atom stereocenters. The molecule has 118 valence electrons. The minimum Gasteiger partial charge on any atom is -0.380 e. The third kappa shape index (κ3) is 5.71. The summed E-state index contributed by atoms with van der Waals surface area (Å²) in [6.45, 7) is 8.92. The van der Waals surface area contributed by atoms with Gasteiger partial charge in [0.05, 0.1) is 4.92 Å². The van der Waals surface area contributed by atoms with E-state index in [0.717, 1.165) is 38.0 Å². The molecule has 1 atom stereocenters. The van der Waals surface area contributed by atoms with Crippen LogP contribution in [0.25, 0.3) is 0 Å². The number of hydrogen-bond donors (Lipinski definition) is 1. The summed E-state index contributed by atoms with van der Waals surface area (Å²) in [5, 5.41) is 14.3. The molecule has 1 aromatic carbocycles. The summed E-state index contributed by atoms with van der Waals surface area (Å²) < 4.78 is 0. The molecule has 0 bridgehead atoms. The highest BCUT2D eigenvalue weighted by atomic mass is 16.6. The Bertz CT molecular complexity index is 463. The Morgan fingerprint density at radius 1 is 1.38 bits per heavy atom. The maximum Gasteiger partial charge on any atom is 0.292 e. The number of rotatable bonds is 9. The van der Waals surface area contributed by atoms with Crippen molar-refractivity contribution in [2.75, 3.05) is 25.5 Å². The summed E-state index contributed by atoms with van der Waals surface area (Å²) in [5.41, 5.74) is 1.75. The molecule has 0 aliphatic carbocycles. The van der Waals surface area contributed by atoms with E-state index in [1.54, 1.807) is 6.07 Å². The van der Waals surface area contributed by atoms with Crippen molar-refractivity contribution in [1.29, 1.82) is 0 Å². The van der Waals surface area contributed by atoms with Crippen LogP contribution in [0.5, 0.6) is 0 Å². The average molecular weight is 293 g/mol. The number of benzene rings is 1. The topological polar surface area (TPSA) is 58.4 Å². The summed E-state index contributed by atoms with van der Waals surface area (Å²) in [5.74, 6) is 0.635. The Labute approximate surface area is 127 Å². The number of nitrogens with zero attached hydrogens (tertiary/aromatic N) is 2. The highest BCUT2D eigenvalue weighted by molar-refractivity contribution is 5.62. The average Bonchev–Trinajstić information content (AvgIpc) is 2.45. The van der Waals surface area contributed by atoms with E-state index < -0.39 is 0 Å². The molecule has 0 saturated carbocycles. The van der Waals surface area contributed by atoms with Gasteiger partial charge in [0.1, 0.15) is 5.69 Å². The molecule has 0 aliphatic heterocycles. The van der Waals surface area contributed by atoms with Gasteiger partial charge in [-0.15, -0.1) is 0 Å². The van der Waals surface area contributed by atoms with Gasteiger partial charge >= 0.3 is 0 Å².